The molecule has 0 atom stereocenters. The third-order valence-corrected chi connectivity index (χ3v) is 5.36. The topological polar surface area (TPSA) is 67.2 Å². The first-order chi connectivity index (χ1) is 16.4. The highest BCUT2D eigenvalue weighted by Crippen LogP contribution is 2.24. The van der Waals surface area contributed by atoms with E-state index in [4.69, 9.17) is 0 Å². The summed E-state index contributed by atoms with van der Waals surface area (Å²) in [6.45, 7) is 3.32. The first-order valence-electron chi connectivity index (χ1n) is 11.0. The number of nitrogens with one attached hydrogen (secondary N) is 1. The summed E-state index contributed by atoms with van der Waals surface area (Å²) >= 11 is 0. The molecule has 1 N–H and O–H groups in total. The summed E-state index contributed by atoms with van der Waals surface area (Å²) in [4.78, 5) is 32.0. The van der Waals surface area contributed by atoms with Gasteiger partial charge in [0.25, 0.3) is 5.91 Å². The van der Waals surface area contributed by atoms with E-state index < -0.39 is 17.6 Å². The highest BCUT2D eigenvalue weighted by atomic mass is 19.1. The van der Waals surface area contributed by atoms with Crippen LogP contribution < -0.4 is 5.32 Å². The van der Waals surface area contributed by atoms with Crippen molar-refractivity contribution in [1.29, 1.82) is 0 Å². The lowest BCUT2D eigenvalue weighted by atomic mass is 10.1. The average Bonchev–Trinajstić information content (AvgIpc) is 3.27. The highest BCUT2D eigenvalue weighted by Gasteiger charge is 2.24. The lowest BCUT2D eigenvalue weighted by Gasteiger charge is -2.26. The first kappa shape index (κ1) is 22.9. The van der Waals surface area contributed by atoms with Crippen LogP contribution in [-0.2, 0) is 4.79 Å². The van der Waals surface area contributed by atoms with Gasteiger partial charge in [0.2, 0.25) is 11.9 Å². The minimum atomic E-state index is -0.620. The number of hydrogen-bond donors (Lipinski definition) is 1. The molecule has 0 radical (unpaired) electrons. The van der Waals surface area contributed by atoms with E-state index in [9.17, 15) is 14.0 Å². The number of benzene rings is 3. The Hall–Kier alpha value is -4.26. The van der Waals surface area contributed by atoms with E-state index in [1.807, 2.05) is 66.9 Å². The first-order valence-corrected chi connectivity index (χ1v) is 11.0. The Morgan fingerprint density at radius 3 is 2.21 bits per heavy atom. The molecule has 6 nitrogen and oxygen atoms in total. The van der Waals surface area contributed by atoms with Gasteiger partial charge in [0.15, 0.2) is 0 Å². The van der Waals surface area contributed by atoms with Gasteiger partial charge in [-0.15, -0.1) is 0 Å². The van der Waals surface area contributed by atoms with E-state index in [1.54, 1.807) is 24.5 Å². The second-order valence-corrected chi connectivity index (χ2v) is 8.08. The molecule has 0 saturated carbocycles. The Bertz CT molecular complexity index is 1290. The fourth-order valence-corrected chi connectivity index (χ4v) is 3.60. The predicted octanol–water partition coefficient (Wildman–Crippen LogP) is 5.17. The highest BCUT2D eigenvalue weighted by molar-refractivity contribution is 5.99. The number of hydrogen-bond acceptors (Lipinski definition) is 3. The predicted molar refractivity (Wildman–Crippen MR) is 130 cm³/mol. The Labute approximate surface area is 197 Å². The molecule has 0 aliphatic heterocycles. The van der Waals surface area contributed by atoms with Gasteiger partial charge in [-0.25, -0.2) is 9.37 Å². The molecule has 0 fully saturated rings. The van der Waals surface area contributed by atoms with Crippen molar-refractivity contribution >= 4 is 17.8 Å². The second-order valence-electron chi connectivity index (χ2n) is 8.08. The number of carbonyl (C=O) groups excluding carboxylic acids is 2. The SMILES string of the molecule is CC(C)N(CC(=O)Nc1nc(-c2ccccc2)cn1-c1ccccc1)C(=O)c1ccccc1F. The molecular weight excluding hydrogens is 431 g/mol. The monoisotopic (exact) mass is 456 g/mol. The largest absolute Gasteiger partial charge is 0.327 e. The minimum Gasteiger partial charge on any atom is -0.327 e. The van der Waals surface area contributed by atoms with E-state index in [0.29, 0.717) is 11.6 Å². The quantitative estimate of drug-likeness (QED) is 0.417. The van der Waals surface area contributed by atoms with Gasteiger partial charge in [0.1, 0.15) is 12.4 Å². The van der Waals surface area contributed by atoms with Crippen LogP contribution in [0.1, 0.15) is 24.2 Å². The summed E-state index contributed by atoms with van der Waals surface area (Å²) in [5.41, 5.74) is 2.37. The molecule has 3 aromatic carbocycles. The molecule has 0 bridgehead atoms. The molecular formula is C27H25FN4O2. The van der Waals surface area contributed by atoms with E-state index in [2.05, 4.69) is 10.3 Å². The molecule has 34 heavy (non-hydrogen) atoms. The van der Waals surface area contributed by atoms with Gasteiger partial charge in [-0.3, -0.25) is 19.5 Å². The number of imidazole rings is 1. The summed E-state index contributed by atoms with van der Waals surface area (Å²) in [7, 11) is 0. The average molecular weight is 457 g/mol. The Balaban J connectivity index is 1.61. The molecule has 0 aliphatic rings. The van der Waals surface area contributed by atoms with Crippen molar-refractivity contribution in [2.75, 3.05) is 11.9 Å². The van der Waals surface area contributed by atoms with Crippen molar-refractivity contribution in [2.45, 2.75) is 19.9 Å². The van der Waals surface area contributed by atoms with Crippen molar-refractivity contribution in [3.05, 3.63) is 103 Å². The number of carbonyl (C=O) groups is 2. The van der Waals surface area contributed by atoms with Gasteiger partial charge in [0, 0.05) is 23.5 Å². The fraction of sp³-hybridized carbons (Fsp3) is 0.148. The Morgan fingerprint density at radius 1 is 0.941 bits per heavy atom. The molecule has 1 heterocycles. The zero-order valence-electron chi connectivity index (χ0n) is 19.0. The maximum Gasteiger partial charge on any atom is 0.257 e. The molecule has 1 aromatic heterocycles. The molecule has 0 saturated heterocycles. The van der Waals surface area contributed by atoms with E-state index in [1.165, 1.54) is 23.1 Å². The second kappa shape index (κ2) is 10.1. The van der Waals surface area contributed by atoms with E-state index >= 15 is 0 Å². The molecule has 172 valence electrons. The number of aromatic nitrogens is 2. The van der Waals surface area contributed by atoms with Crippen molar-refractivity contribution in [3.8, 4) is 16.9 Å². The number of amides is 2. The molecule has 4 rings (SSSR count). The standard InChI is InChI=1S/C27H25FN4O2/c1-19(2)31(26(34)22-15-9-10-16-23(22)28)18-25(33)30-27-29-24(20-11-5-3-6-12-20)17-32(27)21-13-7-4-8-14-21/h3-17,19H,18H2,1-2H3,(H,29,30,33). The molecule has 2 amide bonds. The van der Waals surface area contributed by atoms with Crippen LogP contribution in [0.15, 0.2) is 91.1 Å². The third kappa shape index (κ3) is 5.04. The van der Waals surface area contributed by atoms with Gasteiger partial charge in [-0.05, 0) is 38.1 Å². The van der Waals surface area contributed by atoms with Crippen molar-refractivity contribution in [3.63, 3.8) is 0 Å². The normalized spacial score (nSPS) is 10.8. The third-order valence-electron chi connectivity index (χ3n) is 5.36. The number of nitrogens with zero attached hydrogens (tertiary/aromatic N) is 3. The minimum absolute atomic E-state index is 0.0684. The summed E-state index contributed by atoms with van der Waals surface area (Å²) in [6.07, 6.45) is 1.85. The van der Waals surface area contributed by atoms with Gasteiger partial charge in [-0.1, -0.05) is 60.7 Å². The summed E-state index contributed by atoms with van der Waals surface area (Å²) in [6, 6.07) is 24.6. The summed E-state index contributed by atoms with van der Waals surface area (Å²) in [5.74, 6) is -1.26. The number of rotatable bonds is 7. The van der Waals surface area contributed by atoms with Gasteiger partial charge in [0.05, 0.1) is 11.3 Å². The van der Waals surface area contributed by atoms with Crippen molar-refractivity contribution in [1.82, 2.24) is 14.5 Å². The summed E-state index contributed by atoms with van der Waals surface area (Å²) in [5, 5.41) is 2.83. The molecule has 4 aromatic rings. The lowest BCUT2D eigenvalue weighted by molar-refractivity contribution is -0.117. The van der Waals surface area contributed by atoms with Gasteiger partial charge < -0.3 is 4.90 Å². The summed E-state index contributed by atoms with van der Waals surface area (Å²) < 4.78 is 16.0. The zero-order chi connectivity index (χ0) is 24.1. The van der Waals surface area contributed by atoms with Crippen LogP contribution in [0, 0.1) is 5.82 Å². The Kier molecular flexibility index (Phi) is 6.82. The van der Waals surface area contributed by atoms with Gasteiger partial charge >= 0.3 is 0 Å². The number of anilines is 1. The maximum atomic E-state index is 14.2. The van der Waals surface area contributed by atoms with Crippen LogP contribution in [0.2, 0.25) is 0 Å². The molecule has 0 unspecified atom stereocenters. The maximum absolute atomic E-state index is 14.2. The molecule has 0 aliphatic carbocycles. The van der Waals surface area contributed by atoms with Crippen LogP contribution in [0.4, 0.5) is 10.3 Å². The molecule has 0 spiro atoms. The number of para-hydroxylation sites is 1. The van der Waals surface area contributed by atoms with Crippen LogP contribution >= 0.6 is 0 Å². The van der Waals surface area contributed by atoms with E-state index in [-0.39, 0.29) is 18.2 Å². The molecule has 7 heteroatoms. The van der Waals surface area contributed by atoms with Crippen molar-refractivity contribution < 1.29 is 14.0 Å². The smallest absolute Gasteiger partial charge is 0.257 e. The van der Waals surface area contributed by atoms with E-state index in [0.717, 1.165) is 11.3 Å². The van der Waals surface area contributed by atoms with Gasteiger partial charge in [-0.2, -0.15) is 0 Å². The van der Waals surface area contributed by atoms with Crippen LogP contribution in [0.25, 0.3) is 16.9 Å². The Morgan fingerprint density at radius 2 is 1.56 bits per heavy atom. The van der Waals surface area contributed by atoms with Crippen LogP contribution in [0.5, 0.6) is 0 Å². The number of halogens is 1. The zero-order valence-corrected chi connectivity index (χ0v) is 19.0. The lowest BCUT2D eigenvalue weighted by Crippen LogP contribution is -2.42. The van der Waals surface area contributed by atoms with Crippen LogP contribution in [0.3, 0.4) is 0 Å². The van der Waals surface area contributed by atoms with Crippen LogP contribution in [-0.4, -0.2) is 38.9 Å². The fourth-order valence-electron chi connectivity index (χ4n) is 3.60. The van der Waals surface area contributed by atoms with Crippen molar-refractivity contribution in [2.24, 2.45) is 0 Å².